The summed E-state index contributed by atoms with van der Waals surface area (Å²) in [5, 5.41) is 0.845. The lowest BCUT2D eigenvalue weighted by Crippen LogP contribution is -2.41. The molecule has 0 bridgehead atoms. The zero-order valence-corrected chi connectivity index (χ0v) is 12.1. The normalized spacial score (nSPS) is 10.6. The molecule has 0 N–H and O–H groups in total. The van der Waals surface area contributed by atoms with Crippen LogP contribution in [0.25, 0.3) is 0 Å². The Morgan fingerprint density at radius 1 is 1.39 bits per heavy atom. The van der Waals surface area contributed by atoms with Gasteiger partial charge in [0.2, 0.25) is 0 Å². The molecule has 1 rings (SSSR count). The van der Waals surface area contributed by atoms with E-state index in [4.69, 9.17) is 0 Å². The molecule has 0 spiro atoms. The molecule has 0 aliphatic rings. The second-order valence-corrected chi connectivity index (χ2v) is 5.45. The molecule has 5 nitrogen and oxygen atoms in total. The maximum Gasteiger partial charge on any atom is 0.325 e. The van der Waals surface area contributed by atoms with E-state index in [1.807, 2.05) is 20.8 Å². The molecular weight excluding hydrogens is 252 g/mol. The molecule has 18 heavy (non-hydrogen) atoms. The van der Waals surface area contributed by atoms with Gasteiger partial charge in [0, 0.05) is 6.04 Å². The summed E-state index contributed by atoms with van der Waals surface area (Å²) in [4.78, 5) is 30.0. The van der Waals surface area contributed by atoms with Gasteiger partial charge in [-0.25, -0.2) is 4.98 Å². The molecule has 1 amide bonds. The number of amides is 1. The quantitative estimate of drug-likeness (QED) is 0.783. The van der Waals surface area contributed by atoms with Crippen molar-refractivity contribution in [2.75, 3.05) is 13.7 Å². The fourth-order valence-corrected chi connectivity index (χ4v) is 2.43. The lowest BCUT2D eigenvalue weighted by molar-refractivity contribution is -0.141. The highest BCUT2D eigenvalue weighted by molar-refractivity contribution is 7.13. The highest BCUT2D eigenvalue weighted by Gasteiger charge is 2.25. The van der Waals surface area contributed by atoms with Crippen LogP contribution >= 0.6 is 11.3 Å². The molecule has 0 saturated carbocycles. The van der Waals surface area contributed by atoms with Crippen LogP contribution in [0, 0.1) is 13.8 Å². The minimum atomic E-state index is -0.420. The fourth-order valence-electron chi connectivity index (χ4n) is 1.55. The number of nitrogens with zero attached hydrogens (tertiary/aromatic N) is 2. The van der Waals surface area contributed by atoms with E-state index in [-0.39, 0.29) is 18.5 Å². The molecule has 0 fully saturated rings. The number of methoxy groups -OCH3 is 1. The third-order valence-corrected chi connectivity index (χ3v) is 3.57. The van der Waals surface area contributed by atoms with Gasteiger partial charge in [0.25, 0.3) is 5.91 Å². The van der Waals surface area contributed by atoms with E-state index in [2.05, 4.69) is 9.72 Å². The van der Waals surface area contributed by atoms with Crippen molar-refractivity contribution in [2.24, 2.45) is 0 Å². The summed E-state index contributed by atoms with van der Waals surface area (Å²) in [6.45, 7) is 7.35. The first-order valence-corrected chi connectivity index (χ1v) is 6.50. The van der Waals surface area contributed by atoms with E-state index in [1.54, 1.807) is 6.92 Å². The molecular formula is C12H18N2O3S. The van der Waals surface area contributed by atoms with Gasteiger partial charge in [0.15, 0.2) is 0 Å². The van der Waals surface area contributed by atoms with Crippen molar-refractivity contribution in [1.29, 1.82) is 0 Å². The Bertz CT molecular complexity index is 454. The molecule has 1 aromatic heterocycles. The van der Waals surface area contributed by atoms with E-state index in [9.17, 15) is 9.59 Å². The van der Waals surface area contributed by atoms with Crippen LogP contribution in [0.5, 0.6) is 0 Å². The number of aromatic nitrogens is 1. The van der Waals surface area contributed by atoms with E-state index < -0.39 is 5.97 Å². The molecule has 0 aliphatic carbocycles. The zero-order valence-electron chi connectivity index (χ0n) is 11.3. The van der Waals surface area contributed by atoms with Gasteiger partial charge < -0.3 is 9.64 Å². The fraction of sp³-hybridized carbons (Fsp3) is 0.583. The van der Waals surface area contributed by atoms with Crippen LogP contribution in [0.2, 0.25) is 0 Å². The van der Waals surface area contributed by atoms with Crippen molar-refractivity contribution >= 4 is 23.2 Å². The molecule has 0 radical (unpaired) electrons. The van der Waals surface area contributed by atoms with Crippen LogP contribution in [-0.2, 0) is 9.53 Å². The van der Waals surface area contributed by atoms with Crippen LogP contribution in [0.1, 0.15) is 34.2 Å². The predicted octanol–water partition coefficient (Wildman–Crippen LogP) is 1.78. The Kier molecular flexibility index (Phi) is 4.84. The minimum Gasteiger partial charge on any atom is -0.468 e. The lowest BCUT2D eigenvalue weighted by atomic mass is 10.2. The molecule has 0 atom stereocenters. The van der Waals surface area contributed by atoms with E-state index in [1.165, 1.54) is 23.3 Å². The smallest absolute Gasteiger partial charge is 0.325 e. The monoisotopic (exact) mass is 270 g/mol. The third-order valence-electron chi connectivity index (χ3n) is 2.51. The van der Waals surface area contributed by atoms with Crippen molar-refractivity contribution in [3.8, 4) is 0 Å². The average Bonchev–Trinajstić information content (AvgIpc) is 2.63. The number of carbonyl (C=O) groups excluding carboxylic acids is 2. The SMILES string of the molecule is COC(=O)CN(C(=O)c1sc(C)nc1C)C(C)C. The van der Waals surface area contributed by atoms with Crippen LogP contribution in [0.4, 0.5) is 0 Å². The summed E-state index contributed by atoms with van der Waals surface area (Å²) in [7, 11) is 1.31. The Morgan fingerprint density at radius 3 is 2.39 bits per heavy atom. The van der Waals surface area contributed by atoms with Crippen molar-refractivity contribution in [3.05, 3.63) is 15.6 Å². The Hall–Kier alpha value is -1.43. The summed E-state index contributed by atoms with van der Waals surface area (Å²) in [6, 6.07) is -0.0709. The number of rotatable bonds is 4. The average molecular weight is 270 g/mol. The summed E-state index contributed by atoms with van der Waals surface area (Å²) in [5.74, 6) is -0.588. The van der Waals surface area contributed by atoms with Crippen molar-refractivity contribution in [2.45, 2.75) is 33.7 Å². The van der Waals surface area contributed by atoms with Crippen LogP contribution in [0.15, 0.2) is 0 Å². The van der Waals surface area contributed by atoms with Gasteiger partial charge in [-0.15, -0.1) is 11.3 Å². The number of ether oxygens (including phenoxy) is 1. The Morgan fingerprint density at radius 2 is 2.00 bits per heavy atom. The summed E-state index contributed by atoms with van der Waals surface area (Å²) in [5.41, 5.74) is 0.706. The maximum absolute atomic E-state index is 12.4. The van der Waals surface area contributed by atoms with Gasteiger partial charge in [-0.3, -0.25) is 9.59 Å². The van der Waals surface area contributed by atoms with Crippen LogP contribution < -0.4 is 0 Å². The van der Waals surface area contributed by atoms with Crippen LogP contribution in [0.3, 0.4) is 0 Å². The topological polar surface area (TPSA) is 59.5 Å². The number of hydrogen-bond acceptors (Lipinski definition) is 5. The van der Waals surface area contributed by atoms with Gasteiger partial charge >= 0.3 is 5.97 Å². The van der Waals surface area contributed by atoms with E-state index in [0.717, 1.165) is 5.01 Å². The summed E-state index contributed by atoms with van der Waals surface area (Å²) in [6.07, 6.45) is 0. The number of esters is 1. The largest absolute Gasteiger partial charge is 0.468 e. The van der Waals surface area contributed by atoms with Crippen molar-refractivity contribution in [3.63, 3.8) is 0 Å². The Labute approximate surface area is 111 Å². The van der Waals surface area contributed by atoms with Gasteiger partial charge in [-0.1, -0.05) is 0 Å². The number of carbonyl (C=O) groups is 2. The molecule has 0 aliphatic heterocycles. The zero-order chi connectivity index (χ0) is 13.9. The van der Waals surface area contributed by atoms with E-state index in [0.29, 0.717) is 10.6 Å². The molecule has 1 heterocycles. The molecule has 0 saturated heterocycles. The van der Waals surface area contributed by atoms with Crippen molar-refractivity contribution < 1.29 is 14.3 Å². The van der Waals surface area contributed by atoms with Crippen molar-refractivity contribution in [1.82, 2.24) is 9.88 Å². The first-order chi connectivity index (χ1) is 8.36. The summed E-state index contributed by atoms with van der Waals surface area (Å²) >= 11 is 1.35. The molecule has 1 aromatic rings. The number of thiazole rings is 1. The van der Waals surface area contributed by atoms with Gasteiger partial charge in [-0.2, -0.15) is 0 Å². The third kappa shape index (κ3) is 3.29. The summed E-state index contributed by atoms with van der Waals surface area (Å²) < 4.78 is 4.61. The Balaban J connectivity index is 2.96. The van der Waals surface area contributed by atoms with Gasteiger partial charge in [-0.05, 0) is 27.7 Å². The van der Waals surface area contributed by atoms with E-state index >= 15 is 0 Å². The van der Waals surface area contributed by atoms with Gasteiger partial charge in [0.05, 0.1) is 17.8 Å². The highest BCUT2D eigenvalue weighted by atomic mass is 32.1. The maximum atomic E-state index is 12.4. The molecule has 6 heteroatoms. The highest BCUT2D eigenvalue weighted by Crippen LogP contribution is 2.20. The molecule has 0 unspecified atom stereocenters. The molecule has 100 valence electrons. The van der Waals surface area contributed by atoms with Crippen LogP contribution in [-0.4, -0.2) is 41.5 Å². The predicted molar refractivity (Wildman–Crippen MR) is 69.8 cm³/mol. The second-order valence-electron chi connectivity index (χ2n) is 4.25. The number of aryl methyl sites for hydroxylation is 2. The molecule has 0 aromatic carbocycles. The number of hydrogen-bond donors (Lipinski definition) is 0. The van der Waals surface area contributed by atoms with Gasteiger partial charge in [0.1, 0.15) is 11.4 Å². The first kappa shape index (κ1) is 14.6. The standard InChI is InChI=1S/C12H18N2O3S/c1-7(2)14(6-10(15)17-5)12(16)11-8(3)13-9(4)18-11/h7H,6H2,1-5H3. The minimum absolute atomic E-state index is 0.0383. The first-order valence-electron chi connectivity index (χ1n) is 5.68. The lowest BCUT2D eigenvalue weighted by Gasteiger charge is -2.25. The second kappa shape index (κ2) is 5.95.